The summed E-state index contributed by atoms with van der Waals surface area (Å²) in [5.41, 5.74) is 4.79. The third-order valence-corrected chi connectivity index (χ3v) is 4.73. The number of fused-ring (bicyclic) bond motifs is 1. The Balaban J connectivity index is 1.96. The Kier molecular flexibility index (Phi) is 5.27. The van der Waals surface area contributed by atoms with Crippen molar-refractivity contribution >= 4 is 28.2 Å². The third-order valence-electron chi connectivity index (χ3n) is 4.73. The van der Waals surface area contributed by atoms with Gasteiger partial charge in [-0.25, -0.2) is 4.39 Å². The summed E-state index contributed by atoms with van der Waals surface area (Å²) in [4.78, 5) is 18.6. The van der Waals surface area contributed by atoms with Gasteiger partial charge in [0, 0.05) is 24.3 Å². The second kappa shape index (κ2) is 7.65. The van der Waals surface area contributed by atoms with E-state index in [0.29, 0.717) is 27.7 Å². The van der Waals surface area contributed by atoms with Gasteiger partial charge >= 0.3 is 0 Å². The average Bonchev–Trinajstić information content (AvgIpc) is 2.63. The summed E-state index contributed by atoms with van der Waals surface area (Å²) in [6.07, 6.45) is 1.46. The van der Waals surface area contributed by atoms with Crippen LogP contribution in [0.4, 0.5) is 15.8 Å². The van der Waals surface area contributed by atoms with Crippen LogP contribution in [0.25, 0.3) is 10.9 Å². The largest absolute Gasteiger partial charge is 0.364 e. The van der Waals surface area contributed by atoms with Crippen molar-refractivity contribution in [2.45, 2.75) is 20.8 Å². The van der Waals surface area contributed by atoms with Crippen molar-refractivity contribution in [3.63, 3.8) is 0 Å². The first-order chi connectivity index (χ1) is 13.3. The number of anilines is 2. The van der Waals surface area contributed by atoms with Gasteiger partial charge < -0.3 is 10.2 Å². The zero-order valence-corrected chi connectivity index (χ0v) is 16.3. The third kappa shape index (κ3) is 3.65. The Morgan fingerprint density at radius 1 is 1.21 bits per heavy atom. The molecule has 142 valence electrons. The number of likely N-dealkylation sites (N-methyl/N-ethyl adjacent to an activating group) is 1. The van der Waals surface area contributed by atoms with Crippen LogP contribution >= 0.6 is 0 Å². The fourth-order valence-corrected chi connectivity index (χ4v) is 3.40. The standard InChI is InChI=1S/C22H21FN4O/c1-13-6-5-7-14(2)20(13)26-19(28)12-27(4)22-16(10-24)11-25-21-15(3)8-17(23)9-18(21)22/h5-9,11H,12H2,1-4H3,(H,26,28). The molecule has 2 aromatic carbocycles. The molecule has 1 heterocycles. The van der Waals surface area contributed by atoms with E-state index in [2.05, 4.69) is 16.4 Å². The lowest BCUT2D eigenvalue weighted by Crippen LogP contribution is -2.31. The molecule has 0 atom stereocenters. The van der Waals surface area contributed by atoms with E-state index in [1.54, 1.807) is 18.9 Å². The summed E-state index contributed by atoms with van der Waals surface area (Å²) in [6, 6.07) is 10.6. The number of pyridine rings is 1. The first-order valence-corrected chi connectivity index (χ1v) is 8.88. The zero-order valence-electron chi connectivity index (χ0n) is 16.3. The molecule has 0 spiro atoms. The Hall–Kier alpha value is -3.46. The van der Waals surface area contributed by atoms with Crippen molar-refractivity contribution in [3.05, 3.63) is 64.6 Å². The van der Waals surface area contributed by atoms with Crippen LogP contribution in [0.2, 0.25) is 0 Å². The summed E-state index contributed by atoms with van der Waals surface area (Å²) < 4.78 is 14.0. The zero-order chi connectivity index (χ0) is 20.4. The number of nitriles is 1. The highest BCUT2D eigenvalue weighted by Gasteiger charge is 2.18. The van der Waals surface area contributed by atoms with Gasteiger partial charge in [-0.3, -0.25) is 9.78 Å². The van der Waals surface area contributed by atoms with E-state index in [0.717, 1.165) is 16.8 Å². The maximum atomic E-state index is 14.0. The highest BCUT2D eigenvalue weighted by molar-refractivity contribution is 6.00. The van der Waals surface area contributed by atoms with Crippen LogP contribution in [-0.4, -0.2) is 24.5 Å². The highest BCUT2D eigenvalue weighted by atomic mass is 19.1. The minimum Gasteiger partial charge on any atom is -0.364 e. The number of carbonyl (C=O) groups excluding carboxylic acids is 1. The normalized spacial score (nSPS) is 10.6. The molecule has 6 heteroatoms. The molecule has 0 saturated carbocycles. The van der Waals surface area contributed by atoms with Gasteiger partial charge in [-0.05, 0) is 49.6 Å². The van der Waals surface area contributed by atoms with E-state index in [1.165, 1.54) is 18.3 Å². The molecule has 3 rings (SSSR count). The van der Waals surface area contributed by atoms with Crippen molar-refractivity contribution in [2.75, 3.05) is 23.8 Å². The number of halogens is 1. The number of aryl methyl sites for hydroxylation is 3. The number of rotatable bonds is 4. The molecular formula is C22H21FN4O. The maximum Gasteiger partial charge on any atom is 0.243 e. The van der Waals surface area contributed by atoms with E-state index in [4.69, 9.17) is 0 Å². The number of hydrogen-bond acceptors (Lipinski definition) is 4. The number of hydrogen-bond donors (Lipinski definition) is 1. The van der Waals surface area contributed by atoms with Crippen molar-refractivity contribution in [3.8, 4) is 6.07 Å². The predicted molar refractivity (Wildman–Crippen MR) is 109 cm³/mol. The van der Waals surface area contributed by atoms with Crippen LogP contribution in [0.3, 0.4) is 0 Å². The monoisotopic (exact) mass is 376 g/mol. The minimum absolute atomic E-state index is 0.0110. The fourth-order valence-electron chi connectivity index (χ4n) is 3.40. The summed E-state index contributed by atoms with van der Waals surface area (Å²) in [5.74, 6) is -0.626. The topological polar surface area (TPSA) is 69.0 Å². The number of aromatic nitrogens is 1. The molecular weight excluding hydrogens is 355 g/mol. The second-order valence-corrected chi connectivity index (χ2v) is 6.92. The molecule has 1 aromatic heterocycles. The number of nitrogens with one attached hydrogen (secondary N) is 1. The predicted octanol–water partition coefficient (Wildman–Crippen LogP) is 4.25. The molecule has 0 saturated heterocycles. The van der Waals surface area contributed by atoms with E-state index in [-0.39, 0.29) is 12.5 Å². The van der Waals surface area contributed by atoms with Gasteiger partial charge in [-0.15, -0.1) is 0 Å². The Morgan fingerprint density at radius 3 is 2.54 bits per heavy atom. The summed E-state index contributed by atoms with van der Waals surface area (Å²) in [7, 11) is 1.71. The van der Waals surface area contributed by atoms with Crippen LogP contribution in [0.15, 0.2) is 36.5 Å². The van der Waals surface area contributed by atoms with Crippen LogP contribution < -0.4 is 10.2 Å². The van der Waals surface area contributed by atoms with Crippen LogP contribution in [0.1, 0.15) is 22.3 Å². The highest BCUT2D eigenvalue weighted by Crippen LogP contribution is 2.31. The second-order valence-electron chi connectivity index (χ2n) is 6.92. The Bertz CT molecular complexity index is 1100. The molecule has 0 fully saturated rings. The molecule has 0 aliphatic carbocycles. The van der Waals surface area contributed by atoms with Crippen LogP contribution in [-0.2, 0) is 4.79 Å². The van der Waals surface area contributed by atoms with Crippen LogP contribution in [0.5, 0.6) is 0 Å². The molecule has 28 heavy (non-hydrogen) atoms. The lowest BCUT2D eigenvalue weighted by Gasteiger charge is -2.22. The lowest BCUT2D eigenvalue weighted by molar-refractivity contribution is -0.114. The SMILES string of the molecule is Cc1cccc(C)c1NC(=O)CN(C)c1c(C#N)cnc2c(C)cc(F)cc12. The summed E-state index contributed by atoms with van der Waals surface area (Å²) in [6.45, 7) is 5.64. The van der Waals surface area contributed by atoms with Gasteiger partial charge in [-0.2, -0.15) is 5.26 Å². The first-order valence-electron chi connectivity index (χ1n) is 8.88. The first kappa shape index (κ1) is 19.3. The van der Waals surface area contributed by atoms with Gasteiger partial charge in [0.2, 0.25) is 5.91 Å². The minimum atomic E-state index is -0.406. The lowest BCUT2D eigenvalue weighted by atomic mass is 10.1. The van der Waals surface area contributed by atoms with Crippen LogP contribution in [0, 0.1) is 37.9 Å². The number of para-hydroxylation sites is 1. The summed E-state index contributed by atoms with van der Waals surface area (Å²) in [5, 5.41) is 12.9. The van der Waals surface area contributed by atoms with E-state index < -0.39 is 5.82 Å². The average molecular weight is 376 g/mol. The van der Waals surface area contributed by atoms with E-state index in [9.17, 15) is 14.4 Å². The summed E-state index contributed by atoms with van der Waals surface area (Å²) >= 11 is 0. The molecule has 0 aliphatic heterocycles. The fraction of sp³-hybridized carbons (Fsp3) is 0.227. The van der Waals surface area contributed by atoms with Crippen molar-refractivity contribution in [2.24, 2.45) is 0 Å². The van der Waals surface area contributed by atoms with Gasteiger partial charge in [0.05, 0.1) is 23.3 Å². The molecule has 0 unspecified atom stereocenters. The molecule has 0 aliphatic rings. The molecule has 1 amide bonds. The number of carbonyl (C=O) groups is 1. The van der Waals surface area contributed by atoms with Gasteiger partial charge in [0.15, 0.2) is 0 Å². The van der Waals surface area contributed by atoms with Crippen molar-refractivity contribution in [1.82, 2.24) is 4.98 Å². The van der Waals surface area contributed by atoms with E-state index >= 15 is 0 Å². The molecule has 3 aromatic rings. The number of benzene rings is 2. The maximum absolute atomic E-state index is 14.0. The smallest absolute Gasteiger partial charge is 0.243 e. The van der Waals surface area contributed by atoms with E-state index in [1.807, 2.05) is 32.0 Å². The molecule has 0 radical (unpaired) electrons. The van der Waals surface area contributed by atoms with Gasteiger partial charge in [0.25, 0.3) is 0 Å². The van der Waals surface area contributed by atoms with Gasteiger partial charge in [0.1, 0.15) is 11.9 Å². The number of amides is 1. The van der Waals surface area contributed by atoms with Crippen molar-refractivity contribution in [1.29, 1.82) is 5.26 Å². The quantitative estimate of drug-likeness (QED) is 0.739. The Labute approximate surface area is 163 Å². The molecule has 0 bridgehead atoms. The van der Waals surface area contributed by atoms with Crippen molar-refractivity contribution < 1.29 is 9.18 Å². The van der Waals surface area contributed by atoms with Gasteiger partial charge in [-0.1, -0.05) is 18.2 Å². The molecule has 5 nitrogen and oxygen atoms in total. The molecule has 1 N–H and O–H groups in total. The number of nitrogens with zero attached hydrogens (tertiary/aromatic N) is 3. The Morgan fingerprint density at radius 2 is 1.89 bits per heavy atom.